The maximum absolute atomic E-state index is 12.1. The fourth-order valence-electron chi connectivity index (χ4n) is 2.34. The Hall–Kier alpha value is -3.35. The molecule has 7 nitrogen and oxygen atoms in total. The molecule has 0 heterocycles. The molecule has 2 rings (SSSR count). The quantitative estimate of drug-likeness (QED) is 0.695. The van der Waals surface area contributed by atoms with Crippen LogP contribution in [0.4, 0.5) is 5.69 Å². The van der Waals surface area contributed by atoms with Crippen molar-refractivity contribution < 1.29 is 23.9 Å². The molecule has 27 heavy (non-hydrogen) atoms. The number of nitrogens with one attached hydrogen (secondary N) is 2. The molecule has 0 saturated carbocycles. The van der Waals surface area contributed by atoms with Crippen LogP contribution in [-0.2, 0) is 20.7 Å². The second kappa shape index (κ2) is 9.96. The average molecular weight is 370 g/mol. The Labute approximate surface area is 157 Å². The van der Waals surface area contributed by atoms with Crippen molar-refractivity contribution in [3.8, 4) is 5.75 Å². The number of hydrogen-bond acceptors (Lipinski definition) is 5. The number of carbonyl (C=O) groups excluding carboxylic acids is 3. The number of hydrogen-bond donors (Lipinski definition) is 2. The lowest BCUT2D eigenvalue weighted by atomic mass is 10.1. The Morgan fingerprint density at radius 2 is 1.81 bits per heavy atom. The summed E-state index contributed by atoms with van der Waals surface area (Å²) in [5, 5.41) is 5.09. The van der Waals surface area contributed by atoms with Gasteiger partial charge in [0.15, 0.2) is 6.61 Å². The zero-order valence-electron chi connectivity index (χ0n) is 15.3. The van der Waals surface area contributed by atoms with Crippen LogP contribution in [0.15, 0.2) is 48.5 Å². The lowest BCUT2D eigenvalue weighted by molar-refractivity contribution is -0.146. The van der Waals surface area contributed by atoms with E-state index < -0.39 is 24.4 Å². The van der Waals surface area contributed by atoms with Crippen LogP contribution in [-0.4, -0.2) is 38.0 Å². The molecule has 0 saturated heterocycles. The summed E-state index contributed by atoms with van der Waals surface area (Å²) >= 11 is 0. The van der Waals surface area contributed by atoms with Gasteiger partial charge in [0.1, 0.15) is 12.3 Å². The molecule has 0 unspecified atom stereocenters. The lowest BCUT2D eigenvalue weighted by Crippen LogP contribution is -2.32. The van der Waals surface area contributed by atoms with Crippen molar-refractivity contribution in [2.45, 2.75) is 13.3 Å². The zero-order valence-corrected chi connectivity index (χ0v) is 15.3. The minimum atomic E-state index is -0.712. The summed E-state index contributed by atoms with van der Waals surface area (Å²) in [5.74, 6) is -1.23. The molecule has 0 aliphatic heterocycles. The predicted molar refractivity (Wildman–Crippen MR) is 101 cm³/mol. The van der Waals surface area contributed by atoms with Crippen LogP contribution in [0, 0.1) is 0 Å². The third-order valence-electron chi connectivity index (χ3n) is 3.73. The highest BCUT2D eigenvalue weighted by Gasteiger charge is 2.14. The number of amides is 2. The first-order chi connectivity index (χ1) is 13.0. The van der Waals surface area contributed by atoms with Gasteiger partial charge in [-0.3, -0.25) is 14.4 Å². The van der Waals surface area contributed by atoms with Crippen LogP contribution in [0.3, 0.4) is 0 Å². The van der Waals surface area contributed by atoms with Gasteiger partial charge in [-0.1, -0.05) is 31.2 Å². The number of esters is 1. The van der Waals surface area contributed by atoms with E-state index in [-0.39, 0.29) is 6.54 Å². The maximum Gasteiger partial charge on any atom is 0.325 e. The highest BCUT2D eigenvalue weighted by Crippen LogP contribution is 2.16. The lowest BCUT2D eigenvalue weighted by Gasteiger charge is -2.10. The molecule has 0 fully saturated rings. The van der Waals surface area contributed by atoms with Crippen molar-refractivity contribution in [2.24, 2.45) is 0 Å². The SMILES string of the molecule is CCc1cccc(NC(=O)COC(=O)CNC(=O)c2ccccc2OC)c1. The molecular formula is C20H22N2O5. The van der Waals surface area contributed by atoms with E-state index >= 15 is 0 Å². The first kappa shape index (κ1) is 20.0. The van der Waals surface area contributed by atoms with E-state index in [1.165, 1.54) is 7.11 Å². The van der Waals surface area contributed by atoms with E-state index in [0.717, 1.165) is 12.0 Å². The van der Waals surface area contributed by atoms with E-state index in [4.69, 9.17) is 9.47 Å². The number of anilines is 1. The van der Waals surface area contributed by atoms with Gasteiger partial charge in [0, 0.05) is 5.69 Å². The zero-order chi connectivity index (χ0) is 19.6. The molecule has 0 aliphatic rings. The van der Waals surface area contributed by atoms with E-state index in [9.17, 15) is 14.4 Å². The molecule has 0 radical (unpaired) electrons. The van der Waals surface area contributed by atoms with Crippen molar-refractivity contribution in [3.63, 3.8) is 0 Å². The molecular weight excluding hydrogens is 348 g/mol. The smallest absolute Gasteiger partial charge is 0.325 e. The molecule has 2 aromatic rings. The molecule has 0 bridgehead atoms. The molecule has 0 atom stereocenters. The van der Waals surface area contributed by atoms with Gasteiger partial charge in [0.05, 0.1) is 12.7 Å². The Morgan fingerprint density at radius 3 is 2.56 bits per heavy atom. The first-order valence-electron chi connectivity index (χ1n) is 8.49. The fraction of sp³-hybridized carbons (Fsp3) is 0.250. The summed E-state index contributed by atoms with van der Waals surface area (Å²) in [4.78, 5) is 35.7. The van der Waals surface area contributed by atoms with Crippen LogP contribution >= 0.6 is 0 Å². The first-order valence-corrected chi connectivity index (χ1v) is 8.49. The summed E-state index contributed by atoms with van der Waals surface area (Å²) < 4.78 is 9.97. The molecule has 142 valence electrons. The number of aryl methyl sites for hydroxylation is 1. The van der Waals surface area contributed by atoms with E-state index in [2.05, 4.69) is 10.6 Å². The van der Waals surface area contributed by atoms with Crippen molar-refractivity contribution in [3.05, 3.63) is 59.7 Å². The topological polar surface area (TPSA) is 93.7 Å². The van der Waals surface area contributed by atoms with Crippen molar-refractivity contribution >= 4 is 23.5 Å². The molecule has 0 aromatic heterocycles. The van der Waals surface area contributed by atoms with Crippen LogP contribution in [0.1, 0.15) is 22.8 Å². The van der Waals surface area contributed by atoms with Gasteiger partial charge in [0.25, 0.3) is 11.8 Å². The van der Waals surface area contributed by atoms with Crippen LogP contribution in [0.25, 0.3) is 0 Å². The normalized spacial score (nSPS) is 10.0. The van der Waals surface area contributed by atoms with Crippen molar-refractivity contribution in [2.75, 3.05) is 25.6 Å². The summed E-state index contributed by atoms with van der Waals surface area (Å²) in [6.45, 7) is 1.23. The summed E-state index contributed by atoms with van der Waals surface area (Å²) in [5.41, 5.74) is 2.03. The van der Waals surface area contributed by atoms with Crippen LogP contribution in [0.5, 0.6) is 5.75 Å². The van der Waals surface area contributed by atoms with Crippen LogP contribution < -0.4 is 15.4 Å². The summed E-state index contributed by atoms with van der Waals surface area (Å²) in [7, 11) is 1.45. The minimum absolute atomic E-state index is 0.307. The van der Waals surface area contributed by atoms with Gasteiger partial charge in [-0.15, -0.1) is 0 Å². The predicted octanol–water partition coefficient (Wildman–Crippen LogP) is 2.17. The van der Waals surface area contributed by atoms with E-state index in [0.29, 0.717) is 17.0 Å². The Kier molecular flexibility index (Phi) is 7.37. The number of rotatable bonds is 8. The average Bonchev–Trinajstić information content (AvgIpc) is 2.70. The molecule has 2 amide bonds. The second-order valence-electron chi connectivity index (χ2n) is 5.65. The van der Waals surface area contributed by atoms with Crippen LogP contribution in [0.2, 0.25) is 0 Å². The third kappa shape index (κ3) is 6.14. The standard InChI is InChI=1S/C20H22N2O5/c1-3-14-7-6-8-15(11-14)22-18(23)13-27-19(24)12-21-20(25)16-9-4-5-10-17(16)26-2/h4-11H,3,12-13H2,1-2H3,(H,21,25)(H,22,23). The van der Waals surface area contributed by atoms with E-state index in [1.807, 2.05) is 25.1 Å². The molecule has 0 aliphatic carbocycles. The van der Waals surface area contributed by atoms with Gasteiger partial charge in [-0.2, -0.15) is 0 Å². The number of carbonyl (C=O) groups is 3. The van der Waals surface area contributed by atoms with Gasteiger partial charge >= 0.3 is 5.97 Å². The number of benzene rings is 2. The highest BCUT2D eigenvalue weighted by atomic mass is 16.5. The number of methoxy groups -OCH3 is 1. The van der Waals surface area contributed by atoms with Gasteiger partial charge in [-0.05, 0) is 36.2 Å². The highest BCUT2D eigenvalue weighted by molar-refractivity contribution is 5.98. The Bertz CT molecular complexity index is 820. The van der Waals surface area contributed by atoms with Gasteiger partial charge in [0.2, 0.25) is 0 Å². The van der Waals surface area contributed by atoms with Crippen molar-refractivity contribution in [1.29, 1.82) is 0 Å². The van der Waals surface area contributed by atoms with Gasteiger partial charge in [-0.25, -0.2) is 0 Å². The fourth-order valence-corrected chi connectivity index (χ4v) is 2.34. The molecule has 2 aromatic carbocycles. The maximum atomic E-state index is 12.1. The number of para-hydroxylation sites is 1. The van der Waals surface area contributed by atoms with E-state index in [1.54, 1.807) is 30.3 Å². The Morgan fingerprint density at radius 1 is 1.04 bits per heavy atom. The summed E-state index contributed by atoms with van der Waals surface area (Å²) in [6, 6.07) is 14.1. The summed E-state index contributed by atoms with van der Waals surface area (Å²) in [6.07, 6.45) is 0.852. The molecule has 2 N–H and O–H groups in total. The number of ether oxygens (including phenoxy) is 2. The molecule has 7 heteroatoms. The monoisotopic (exact) mass is 370 g/mol. The Balaban J connectivity index is 1.77. The second-order valence-corrected chi connectivity index (χ2v) is 5.65. The minimum Gasteiger partial charge on any atom is -0.496 e. The van der Waals surface area contributed by atoms with Crippen molar-refractivity contribution in [1.82, 2.24) is 5.32 Å². The molecule has 0 spiro atoms. The largest absolute Gasteiger partial charge is 0.496 e. The van der Waals surface area contributed by atoms with Gasteiger partial charge < -0.3 is 20.1 Å². The third-order valence-corrected chi connectivity index (χ3v) is 3.73.